The Labute approximate surface area is 226 Å². The number of aromatic amines is 1. The zero-order chi connectivity index (χ0) is 27.5. The standard InChI is InChI=1S/C30H32F2N6O/c1-18-4-5-22-21(14-34-36-22)26(18)27-19-8-9-29(2,3)12-23(19)35-28(20(27)13-33)37-11-10-30(15-37)16-38(17-30)25(39)7-6-24(31)32/h4-7,14,24H,8-12,15-17H2,1-3H3,(H,34,36)/b7-6+. The molecule has 6 rings (SSSR count). The van der Waals surface area contributed by atoms with E-state index in [0.717, 1.165) is 77.2 Å². The fourth-order valence-corrected chi connectivity index (χ4v) is 6.70. The average molecular weight is 531 g/mol. The van der Waals surface area contributed by atoms with E-state index >= 15 is 0 Å². The molecule has 0 atom stereocenters. The number of aryl methyl sites for hydroxylation is 1. The first kappa shape index (κ1) is 25.5. The Morgan fingerprint density at radius 2 is 2.00 bits per heavy atom. The Kier molecular flexibility index (Phi) is 5.97. The Morgan fingerprint density at radius 3 is 2.74 bits per heavy atom. The van der Waals surface area contributed by atoms with E-state index in [1.807, 2.05) is 12.3 Å². The first-order valence-electron chi connectivity index (χ1n) is 13.5. The lowest BCUT2D eigenvalue weighted by molar-refractivity contribution is -0.136. The molecule has 2 aromatic heterocycles. The predicted molar refractivity (Wildman–Crippen MR) is 146 cm³/mol. The van der Waals surface area contributed by atoms with Crippen molar-refractivity contribution in [2.75, 3.05) is 31.1 Å². The Bertz CT molecular complexity index is 1540. The Hall–Kier alpha value is -3.80. The smallest absolute Gasteiger partial charge is 0.257 e. The summed E-state index contributed by atoms with van der Waals surface area (Å²) < 4.78 is 25.0. The molecule has 1 aliphatic carbocycles. The molecule has 0 bridgehead atoms. The van der Waals surface area contributed by atoms with Crippen molar-refractivity contribution in [1.29, 1.82) is 5.26 Å². The first-order chi connectivity index (χ1) is 18.6. The third-order valence-electron chi connectivity index (χ3n) is 8.74. The number of nitrogens with zero attached hydrogens (tertiary/aromatic N) is 5. The number of pyridine rings is 1. The number of allylic oxidation sites excluding steroid dienone is 1. The normalized spacial score (nSPS) is 19.6. The van der Waals surface area contributed by atoms with Crippen molar-refractivity contribution in [1.82, 2.24) is 20.1 Å². The molecule has 0 unspecified atom stereocenters. The highest BCUT2D eigenvalue weighted by Crippen LogP contribution is 2.47. The lowest BCUT2D eigenvalue weighted by Gasteiger charge is -2.47. The van der Waals surface area contributed by atoms with Gasteiger partial charge in [-0.1, -0.05) is 19.9 Å². The number of carbonyl (C=O) groups excluding carboxylic acids is 1. The summed E-state index contributed by atoms with van der Waals surface area (Å²) in [5.41, 5.74) is 6.85. The number of aromatic nitrogens is 3. The molecular formula is C30H32F2N6O. The molecule has 3 aliphatic rings. The molecule has 0 radical (unpaired) electrons. The number of nitriles is 1. The molecule has 1 N–H and O–H groups in total. The molecule has 1 aromatic carbocycles. The van der Waals surface area contributed by atoms with Crippen molar-refractivity contribution >= 4 is 22.6 Å². The number of H-pyrrole nitrogens is 1. The number of carbonyl (C=O) groups is 1. The molecule has 2 aliphatic heterocycles. The summed E-state index contributed by atoms with van der Waals surface area (Å²) in [6.07, 6.45) is 4.39. The van der Waals surface area contributed by atoms with Crippen LogP contribution in [0.15, 0.2) is 30.5 Å². The van der Waals surface area contributed by atoms with Gasteiger partial charge in [0.2, 0.25) is 5.91 Å². The van der Waals surface area contributed by atoms with Crippen molar-refractivity contribution in [2.24, 2.45) is 10.8 Å². The number of hydrogen-bond acceptors (Lipinski definition) is 5. The number of rotatable bonds is 4. The number of hydrogen-bond donors (Lipinski definition) is 1. The zero-order valence-corrected chi connectivity index (χ0v) is 22.5. The second-order valence-corrected chi connectivity index (χ2v) is 12.2. The van der Waals surface area contributed by atoms with Gasteiger partial charge in [0.05, 0.1) is 11.7 Å². The van der Waals surface area contributed by atoms with Crippen molar-refractivity contribution < 1.29 is 13.6 Å². The molecule has 4 heterocycles. The summed E-state index contributed by atoms with van der Waals surface area (Å²) in [5.74, 6) is 0.334. The van der Waals surface area contributed by atoms with Crippen molar-refractivity contribution in [3.63, 3.8) is 0 Å². The molecule has 2 fully saturated rings. The maximum absolute atomic E-state index is 12.5. The molecule has 202 valence electrons. The third-order valence-corrected chi connectivity index (χ3v) is 8.74. The topological polar surface area (TPSA) is 88.9 Å². The van der Waals surface area contributed by atoms with Gasteiger partial charge in [0.15, 0.2) is 0 Å². The minimum Gasteiger partial charge on any atom is -0.355 e. The van der Waals surface area contributed by atoms with Gasteiger partial charge < -0.3 is 9.80 Å². The van der Waals surface area contributed by atoms with Crippen LogP contribution in [-0.4, -0.2) is 58.6 Å². The van der Waals surface area contributed by atoms with E-state index in [4.69, 9.17) is 4.98 Å². The molecule has 7 nitrogen and oxygen atoms in total. The quantitative estimate of drug-likeness (QED) is 0.470. The number of fused-ring (bicyclic) bond motifs is 2. The van der Waals surface area contributed by atoms with Crippen LogP contribution in [0.1, 0.15) is 49.1 Å². The highest BCUT2D eigenvalue weighted by Gasteiger charge is 2.49. The van der Waals surface area contributed by atoms with Crippen LogP contribution in [0.3, 0.4) is 0 Å². The van der Waals surface area contributed by atoms with Crippen LogP contribution in [0.5, 0.6) is 0 Å². The van der Waals surface area contributed by atoms with Gasteiger partial charge in [0, 0.05) is 54.3 Å². The van der Waals surface area contributed by atoms with Crippen molar-refractivity contribution in [3.8, 4) is 17.2 Å². The SMILES string of the molecule is Cc1ccc2[nH]ncc2c1-c1c(C#N)c(N2CCC3(CN(C(=O)/C=C/C(F)F)C3)C2)nc2c1CCC(C)(C)C2. The van der Waals surface area contributed by atoms with E-state index in [0.29, 0.717) is 37.1 Å². The lowest BCUT2D eigenvalue weighted by Crippen LogP contribution is -2.59. The molecule has 9 heteroatoms. The van der Waals surface area contributed by atoms with E-state index in [9.17, 15) is 18.8 Å². The average Bonchev–Trinajstić information content (AvgIpc) is 3.52. The van der Waals surface area contributed by atoms with Gasteiger partial charge in [0.25, 0.3) is 6.43 Å². The maximum atomic E-state index is 12.5. The highest BCUT2D eigenvalue weighted by atomic mass is 19.3. The van der Waals surface area contributed by atoms with Crippen LogP contribution in [0.4, 0.5) is 14.6 Å². The number of likely N-dealkylation sites (tertiary alicyclic amines) is 1. The van der Waals surface area contributed by atoms with Gasteiger partial charge in [-0.25, -0.2) is 13.8 Å². The fraction of sp³-hybridized carbons (Fsp3) is 0.467. The zero-order valence-electron chi connectivity index (χ0n) is 22.5. The second-order valence-electron chi connectivity index (χ2n) is 12.2. The third kappa shape index (κ3) is 4.36. The van der Waals surface area contributed by atoms with E-state index < -0.39 is 6.43 Å². The van der Waals surface area contributed by atoms with E-state index in [2.05, 4.69) is 48.0 Å². The summed E-state index contributed by atoms with van der Waals surface area (Å²) in [5, 5.41) is 19.0. The van der Waals surface area contributed by atoms with Gasteiger partial charge in [0.1, 0.15) is 17.5 Å². The van der Waals surface area contributed by atoms with Crippen LogP contribution in [-0.2, 0) is 17.6 Å². The van der Waals surface area contributed by atoms with Gasteiger partial charge >= 0.3 is 0 Å². The number of halogens is 2. The number of amides is 1. The van der Waals surface area contributed by atoms with Crippen LogP contribution >= 0.6 is 0 Å². The summed E-state index contributed by atoms with van der Waals surface area (Å²) in [4.78, 5) is 21.3. The van der Waals surface area contributed by atoms with Crippen LogP contribution in [0.2, 0.25) is 0 Å². The Morgan fingerprint density at radius 1 is 1.21 bits per heavy atom. The number of nitrogens with one attached hydrogen (secondary N) is 1. The first-order valence-corrected chi connectivity index (χ1v) is 13.5. The van der Waals surface area contributed by atoms with Crippen LogP contribution in [0.25, 0.3) is 22.0 Å². The van der Waals surface area contributed by atoms with Gasteiger partial charge in [-0.15, -0.1) is 0 Å². The molecule has 1 spiro atoms. The van der Waals surface area contributed by atoms with Gasteiger partial charge in [-0.05, 0) is 66.9 Å². The fourth-order valence-electron chi connectivity index (χ4n) is 6.70. The molecule has 1 amide bonds. The van der Waals surface area contributed by atoms with E-state index in [1.54, 1.807) is 4.90 Å². The highest BCUT2D eigenvalue weighted by molar-refractivity contribution is 5.99. The maximum Gasteiger partial charge on any atom is 0.257 e. The van der Waals surface area contributed by atoms with Crippen molar-refractivity contribution in [3.05, 3.63) is 52.9 Å². The molecule has 3 aromatic rings. The molecule has 2 saturated heterocycles. The van der Waals surface area contributed by atoms with E-state index in [-0.39, 0.29) is 16.7 Å². The predicted octanol–water partition coefficient (Wildman–Crippen LogP) is 5.18. The summed E-state index contributed by atoms with van der Waals surface area (Å²) >= 11 is 0. The molecule has 39 heavy (non-hydrogen) atoms. The minimum absolute atomic E-state index is 0.113. The minimum atomic E-state index is -2.64. The monoisotopic (exact) mass is 530 g/mol. The number of anilines is 1. The van der Waals surface area contributed by atoms with E-state index in [1.165, 1.54) is 0 Å². The summed E-state index contributed by atoms with van der Waals surface area (Å²) in [6.45, 7) is 9.07. The van der Waals surface area contributed by atoms with Crippen LogP contribution in [0, 0.1) is 29.1 Å². The summed E-state index contributed by atoms with van der Waals surface area (Å²) in [6, 6.07) is 6.63. The number of alkyl halides is 2. The summed E-state index contributed by atoms with van der Waals surface area (Å²) in [7, 11) is 0. The molecular weight excluding hydrogens is 498 g/mol. The van der Waals surface area contributed by atoms with Gasteiger partial charge in [-0.2, -0.15) is 10.4 Å². The van der Waals surface area contributed by atoms with Crippen molar-refractivity contribution in [2.45, 2.75) is 52.9 Å². The molecule has 0 saturated carbocycles. The van der Waals surface area contributed by atoms with Gasteiger partial charge in [-0.3, -0.25) is 9.89 Å². The largest absolute Gasteiger partial charge is 0.355 e. The Balaban J connectivity index is 1.41. The lowest BCUT2D eigenvalue weighted by atomic mass is 9.73. The van der Waals surface area contributed by atoms with Crippen LogP contribution < -0.4 is 4.90 Å². The number of benzene rings is 1. The second kappa shape index (κ2) is 9.15.